The van der Waals surface area contributed by atoms with Crippen molar-refractivity contribution in [2.75, 3.05) is 19.6 Å². The van der Waals surface area contributed by atoms with Crippen LogP contribution in [0.5, 0.6) is 0 Å². The lowest BCUT2D eigenvalue weighted by molar-refractivity contribution is 0.0954. The van der Waals surface area contributed by atoms with Gasteiger partial charge in [0.2, 0.25) is 10.0 Å². The Morgan fingerprint density at radius 2 is 1.69 bits per heavy atom. The Morgan fingerprint density at radius 3 is 2.27 bits per heavy atom. The SMILES string of the molecule is CCN(CC)S(=O)(=O)c1ccc(C(=O)NCCc2cccc(C)c2)cc1. The number of benzene rings is 2. The number of carbonyl (C=O) groups is 1. The fourth-order valence-electron chi connectivity index (χ4n) is 2.78. The molecular weight excluding hydrogens is 348 g/mol. The van der Waals surface area contributed by atoms with E-state index < -0.39 is 10.0 Å². The van der Waals surface area contributed by atoms with Crippen LogP contribution in [0.1, 0.15) is 35.3 Å². The Bertz CT molecular complexity index is 842. The standard InChI is InChI=1S/C20H26N2O3S/c1-4-22(5-2)26(24,25)19-11-9-18(10-12-19)20(23)21-14-13-17-8-6-7-16(3)15-17/h6-12,15H,4-5,13-14H2,1-3H3,(H,21,23). The third-order valence-electron chi connectivity index (χ3n) is 4.24. The van der Waals surface area contributed by atoms with Crippen molar-refractivity contribution in [3.05, 3.63) is 65.2 Å². The highest BCUT2D eigenvalue weighted by Crippen LogP contribution is 2.16. The van der Waals surface area contributed by atoms with Gasteiger partial charge in [-0.3, -0.25) is 4.79 Å². The number of carbonyl (C=O) groups excluding carboxylic acids is 1. The van der Waals surface area contributed by atoms with Crippen LogP contribution in [0.4, 0.5) is 0 Å². The Labute approximate surface area is 156 Å². The highest BCUT2D eigenvalue weighted by atomic mass is 32.2. The first-order valence-corrected chi connectivity index (χ1v) is 10.3. The maximum Gasteiger partial charge on any atom is 0.251 e. The molecule has 0 unspecified atom stereocenters. The summed E-state index contributed by atoms with van der Waals surface area (Å²) in [5.74, 6) is -0.204. The van der Waals surface area contributed by atoms with Gasteiger partial charge in [-0.2, -0.15) is 4.31 Å². The molecule has 0 aliphatic heterocycles. The molecule has 0 radical (unpaired) electrons. The smallest absolute Gasteiger partial charge is 0.251 e. The highest BCUT2D eigenvalue weighted by Gasteiger charge is 2.21. The number of nitrogens with zero attached hydrogens (tertiary/aromatic N) is 1. The molecule has 1 amide bonds. The van der Waals surface area contributed by atoms with Crippen LogP contribution in [0.15, 0.2) is 53.4 Å². The van der Waals surface area contributed by atoms with Crippen molar-refractivity contribution in [2.45, 2.75) is 32.1 Å². The van der Waals surface area contributed by atoms with Gasteiger partial charge in [0.05, 0.1) is 4.90 Å². The second-order valence-corrected chi connectivity index (χ2v) is 8.05. The minimum Gasteiger partial charge on any atom is -0.352 e. The van der Waals surface area contributed by atoms with E-state index in [4.69, 9.17) is 0 Å². The first-order chi connectivity index (χ1) is 12.4. The summed E-state index contributed by atoms with van der Waals surface area (Å²) in [6.45, 7) is 7.01. The molecule has 140 valence electrons. The van der Waals surface area contributed by atoms with E-state index in [9.17, 15) is 13.2 Å². The van der Waals surface area contributed by atoms with Crippen molar-refractivity contribution in [3.63, 3.8) is 0 Å². The Morgan fingerprint density at radius 1 is 1.04 bits per heavy atom. The number of rotatable bonds is 8. The zero-order chi connectivity index (χ0) is 19.2. The summed E-state index contributed by atoms with van der Waals surface area (Å²) in [6.07, 6.45) is 0.752. The summed E-state index contributed by atoms with van der Waals surface area (Å²) in [5.41, 5.74) is 2.82. The van der Waals surface area contributed by atoms with Gasteiger partial charge in [-0.25, -0.2) is 8.42 Å². The quantitative estimate of drug-likeness (QED) is 0.772. The number of hydrogen-bond acceptors (Lipinski definition) is 3. The fourth-order valence-corrected chi connectivity index (χ4v) is 4.24. The van der Waals surface area contributed by atoms with Gasteiger partial charge in [0.15, 0.2) is 0 Å². The van der Waals surface area contributed by atoms with Crippen molar-refractivity contribution in [3.8, 4) is 0 Å². The molecule has 2 aromatic carbocycles. The monoisotopic (exact) mass is 374 g/mol. The lowest BCUT2D eigenvalue weighted by Crippen LogP contribution is -2.30. The van der Waals surface area contributed by atoms with E-state index in [0.717, 1.165) is 6.42 Å². The summed E-state index contributed by atoms with van der Waals surface area (Å²) in [6, 6.07) is 14.3. The molecule has 0 saturated carbocycles. The topological polar surface area (TPSA) is 66.5 Å². The van der Waals surface area contributed by atoms with Gasteiger partial charge in [-0.05, 0) is 43.2 Å². The molecule has 0 saturated heterocycles. The van der Waals surface area contributed by atoms with E-state index in [1.54, 1.807) is 26.0 Å². The van der Waals surface area contributed by atoms with Crippen molar-refractivity contribution >= 4 is 15.9 Å². The highest BCUT2D eigenvalue weighted by molar-refractivity contribution is 7.89. The van der Waals surface area contributed by atoms with Gasteiger partial charge < -0.3 is 5.32 Å². The first kappa shape index (κ1) is 20.1. The summed E-state index contributed by atoms with van der Waals surface area (Å²) in [5, 5.41) is 2.87. The predicted molar refractivity (Wildman–Crippen MR) is 104 cm³/mol. The number of sulfonamides is 1. The van der Waals surface area contributed by atoms with E-state index in [-0.39, 0.29) is 10.8 Å². The normalized spacial score (nSPS) is 11.5. The van der Waals surface area contributed by atoms with Crippen LogP contribution >= 0.6 is 0 Å². The van der Waals surface area contributed by atoms with Crippen molar-refractivity contribution in [2.24, 2.45) is 0 Å². The maximum atomic E-state index is 12.5. The first-order valence-electron chi connectivity index (χ1n) is 8.82. The zero-order valence-corrected chi connectivity index (χ0v) is 16.3. The number of aryl methyl sites for hydroxylation is 1. The molecule has 0 spiro atoms. The van der Waals surface area contributed by atoms with Crippen LogP contribution in [-0.2, 0) is 16.4 Å². The van der Waals surface area contributed by atoms with Gasteiger partial charge in [0.25, 0.3) is 5.91 Å². The zero-order valence-electron chi connectivity index (χ0n) is 15.5. The molecule has 2 aromatic rings. The van der Waals surface area contributed by atoms with Gasteiger partial charge >= 0.3 is 0 Å². The molecule has 0 aliphatic rings. The minimum atomic E-state index is -3.50. The van der Waals surface area contributed by atoms with E-state index in [0.29, 0.717) is 25.2 Å². The minimum absolute atomic E-state index is 0.204. The van der Waals surface area contributed by atoms with Crippen LogP contribution in [-0.4, -0.2) is 38.3 Å². The van der Waals surface area contributed by atoms with Crippen LogP contribution < -0.4 is 5.32 Å². The van der Waals surface area contributed by atoms with Crippen LogP contribution in [0.3, 0.4) is 0 Å². The van der Waals surface area contributed by atoms with E-state index in [2.05, 4.69) is 11.4 Å². The predicted octanol–water partition coefficient (Wildman–Crippen LogP) is 3.00. The van der Waals surface area contributed by atoms with Gasteiger partial charge in [-0.15, -0.1) is 0 Å². The number of hydrogen-bond donors (Lipinski definition) is 1. The van der Waals surface area contributed by atoms with Gasteiger partial charge in [0.1, 0.15) is 0 Å². The molecule has 0 atom stereocenters. The molecule has 2 rings (SSSR count). The van der Waals surface area contributed by atoms with Gasteiger partial charge in [-0.1, -0.05) is 43.7 Å². The van der Waals surface area contributed by atoms with Crippen LogP contribution in [0.2, 0.25) is 0 Å². The average molecular weight is 375 g/mol. The molecule has 0 bridgehead atoms. The second kappa shape index (κ2) is 8.96. The summed E-state index contributed by atoms with van der Waals surface area (Å²) in [4.78, 5) is 12.4. The molecule has 1 N–H and O–H groups in total. The largest absolute Gasteiger partial charge is 0.352 e. The van der Waals surface area contributed by atoms with Crippen molar-refractivity contribution in [1.29, 1.82) is 0 Å². The Kier molecular flexibility index (Phi) is 6.94. The van der Waals surface area contributed by atoms with Gasteiger partial charge in [0, 0.05) is 25.2 Å². The molecule has 5 nitrogen and oxygen atoms in total. The van der Waals surface area contributed by atoms with E-state index >= 15 is 0 Å². The Balaban J connectivity index is 1.98. The van der Waals surface area contributed by atoms with Crippen molar-refractivity contribution in [1.82, 2.24) is 9.62 Å². The van der Waals surface area contributed by atoms with E-state index in [1.807, 2.05) is 25.1 Å². The van der Waals surface area contributed by atoms with Crippen LogP contribution in [0.25, 0.3) is 0 Å². The van der Waals surface area contributed by atoms with Crippen molar-refractivity contribution < 1.29 is 13.2 Å². The molecule has 0 heterocycles. The molecule has 26 heavy (non-hydrogen) atoms. The van der Waals surface area contributed by atoms with E-state index in [1.165, 1.54) is 27.6 Å². The molecule has 0 fully saturated rings. The maximum absolute atomic E-state index is 12.5. The third kappa shape index (κ3) is 4.93. The summed E-state index contributed by atoms with van der Waals surface area (Å²) >= 11 is 0. The fraction of sp³-hybridized carbons (Fsp3) is 0.350. The molecule has 0 aromatic heterocycles. The summed E-state index contributed by atoms with van der Waals surface area (Å²) in [7, 11) is -3.50. The second-order valence-electron chi connectivity index (χ2n) is 6.11. The molecular formula is C20H26N2O3S. The number of amides is 1. The summed E-state index contributed by atoms with van der Waals surface area (Å²) < 4.78 is 26.3. The number of nitrogens with one attached hydrogen (secondary N) is 1. The van der Waals surface area contributed by atoms with Crippen LogP contribution in [0, 0.1) is 6.92 Å². The molecule has 6 heteroatoms. The Hall–Kier alpha value is -2.18. The third-order valence-corrected chi connectivity index (χ3v) is 6.31. The lowest BCUT2D eigenvalue weighted by atomic mass is 10.1. The molecule has 0 aliphatic carbocycles. The average Bonchev–Trinajstić information content (AvgIpc) is 2.62. The lowest BCUT2D eigenvalue weighted by Gasteiger charge is -2.18.